The van der Waals surface area contributed by atoms with Gasteiger partial charge in [-0.25, -0.2) is 9.97 Å². The molecule has 2 heteroatoms. The van der Waals surface area contributed by atoms with Crippen LogP contribution in [0, 0.1) is 6.92 Å². The molecule has 0 bridgehead atoms. The lowest BCUT2D eigenvalue weighted by atomic mass is 10.1. The fourth-order valence-electron chi connectivity index (χ4n) is 1.62. The minimum Gasteiger partial charge on any atom is -0.236 e. The third-order valence-corrected chi connectivity index (χ3v) is 2.55. The van der Waals surface area contributed by atoms with E-state index >= 15 is 0 Å². The molecule has 0 aliphatic heterocycles. The molecule has 0 unspecified atom stereocenters. The Labute approximate surface area is 96.4 Å². The zero-order valence-electron chi connectivity index (χ0n) is 9.77. The van der Waals surface area contributed by atoms with Gasteiger partial charge < -0.3 is 0 Å². The number of aryl methyl sites for hydroxylation is 2. The first kappa shape index (κ1) is 10.8. The Morgan fingerprint density at radius 3 is 2.19 bits per heavy atom. The molecule has 0 aliphatic rings. The normalized spacial score (nSPS) is 10.4. The third kappa shape index (κ3) is 2.45. The quantitative estimate of drug-likeness (QED) is 0.779. The van der Waals surface area contributed by atoms with Gasteiger partial charge in [0, 0.05) is 18.0 Å². The van der Waals surface area contributed by atoms with E-state index in [-0.39, 0.29) is 0 Å². The highest BCUT2D eigenvalue weighted by Gasteiger charge is 2.00. The third-order valence-electron chi connectivity index (χ3n) is 2.55. The molecule has 0 N–H and O–H groups in total. The molecule has 0 atom stereocenters. The highest BCUT2D eigenvalue weighted by atomic mass is 14.9. The summed E-state index contributed by atoms with van der Waals surface area (Å²) < 4.78 is 0. The fourth-order valence-corrected chi connectivity index (χ4v) is 1.62. The van der Waals surface area contributed by atoms with Gasteiger partial charge >= 0.3 is 0 Å². The summed E-state index contributed by atoms with van der Waals surface area (Å²) in [7, 11) is 0. The first-order valence-corrected chi connectivity index (χ1v) is 5.67. The molecule has 82 valence electrons. The molecular weight excluding hydrogens is 196 g/mol. The maximum Gasteiger partial charge on any atom is 0.159 e. The van der Waals surface area contributed by atoms with Gasteiger partial charge in [-0.1, -0.05) is 43.2 Å². The summed E-state index contributed by atoms with van der Waals surface area (Å²) in [4.78, 5) is 8.77. The van der Waals surface area contributed by atoms with Crippen LogP contribution in [-0.4, -0.2) is 9.97 Å². The van der Waals surface area contributed by atoms with E-state index in [1.54, 1.807) is 0 Å². The predicted molar refractivity (Wildman–Crippen MR) is 66.2 cm³/mol. The van der Waals surface area contributed by atoms with E-state index in [1.807, 2.05) is 12.4 Å². The van der Waals surface area contributed by atoms with Crippen LogP contribution in [0.3, 0.4) is 0 Å². The molecule has 0 amide bonds. The number of nitrogens with zero attached hydrogens (tertiary/aromatic N) is 2. The molecule has 0 saturated carbocycles. The molecule has 2 nitrogen and oxygen atoms in total. The Balaban J connectivity index is 2.24. The second-order valence-corrected chi connectivity index (χ2v) is 4.03. The predicted octanol–water partition coefficient (Wildman–Crippen LogP) is 3.40. The van der Waals surface area contributed by atoms with Crippen LogP contribution in [0.1, 0.15) is 24.5 Å². The molecule has 1 heterocycles. The average Bonchev–Trinajstić information content (AvgIpc) is 2.32. The number of aromatic nitrogens is 2. The number of benzene rings is 1. The van der Waals surface area contributed by atoms with Crippen molar-refractivity contribution in [3.63, 3.8) is 0 Å². The first-order chi connectivity index (χ1) is 7.79. The van der Waals surface area contributed by atoms with E-state index < -0.39 is 0 Å². The second kappa shape index (κ2) is 4.88. The summed E-state index contributed by atoms with van der Waals surface area (Å²) in [6.45, 7) is 4.24. The van der Waals surface area contributed by atoms with E-state index in [4.69, 9.17) is 0 Å². The van der Waals surface area contributed by atoms with Crippen LogP contribution in [0.15, 0.2) is 36.7 Å². The van der Waals surface area contributed by atoms with Crippen LogP contribution in [0.5, 0.6) is 0 Å². The lowest BCUT2D eigenvalue weighted by molar-refractivity contribution is 0.902. The van der Waals surface area contributed by atoms with E-state index in [0.717, 1.165) is 24.2 Å². The van der Waals surface area contributed by atoms with Crippen molar-refractivity contribution in [2.45, 2.75) is 26.7 Å². The SMILES string of the molecule is CCCc1cnc(-c2ccc(C)cc2)nc1. The van der Waals surface area contributed by atoms with Crippen molar-refractivity contribution >= 4 is 0 Å². The molecule has 1 aromatic heterocycles. The van der Waals surface area contributed by atoms with Crippen LogP contribution < -0.4 is 0 Å². The molecule has 0 spiro atoms. The van der Waals surface area contributed by atoms with E-state index in [9.17, 15) is 0 Å². The smallest absolute Gasteiger partial charge is 0.159 e. The van der Waals surface area contributed by atoms with Crippen molar-refractivity contribution in [3.05, 3.63) is 47.8 Å². The number of hydrogen-bond donors (Lipinski definition) is 0. The van der Waals surface area contributed by atoms with Gasteiger partial charge in [0.05, 0.1) is 0 Å². The van der Waals surface area contributed by atoms with Gasteiger partial charge in [-0.15, -0.1) is 0 Å². The van der Waals surface area contributed by atoms with Crippen molar-refractivity contribution in [1.29, 1.82) is 0 Å². The average molecular weight is 212 g/mol. The Morgan fingerprint density at radius 2 is 1.62 bits per heavy atom. The molecule has 2 aromatic rings. The Bertz CT molecular complexity index is 443. The molecule has 0 aliphatic carbocycles. The summed E-state index contributed by atoms with van der Waals surface area (Å²) in [5.41, 5.74) is 3.54. The van der Waals surface area contributed by atoms with Crippen molar-refractivity contribution < 1.29 is 0 Å². The van der Waals surface area contributed by atoms with Crippen molar-refractivity contribution in [1.82, 2.24) is 9.97 Å². The first-order valence-electron chi connectivity index (χ1n) is 5.67. The fraction of sp³-hybridized carbons (Fsp3) is 0.286. The van der Waals surface area contributed by atoms with Crippen LogP contribution in [0.25, 0.3) is 11.4 Å². The topological polar surface area (TPSA) is 25.8 Å². The Hall–Kier alpha value is -1.70. The molecule has 0 radical (unpaired) electrons. The maximum absolute atomic E-state index is 4.39. The van der Waals surface area contributed by atoms with Gasteiger partial charge in [0.15, 0.2) is 5.82 Å². The van der Waals surface area contributed by atoms with Crippen molar-refractivity contribution in [3.8, 4) is 11.4 Å². The minimum atomic E-state index is 0.805. The number of rotatable bonds is 3. The zero-order chi connectivity index (χ0) is 11.4. The highest BCUT2D eigenvalue weighted by Crippen LogP contribution is 2.15. The summed E-state index contributed by atoms with van der Waals surface area (Å²) in [6, 6.07) is 8.28. The Morgan fingerprint density at radius 1 is 1.00 bits per heavy atom. The highest BCUT2D eigenvalue weighted by molar-refractivity contribution is 5.54. The van der Waals surface area contributed by atoms with Crippen molar-refractivity contribution in [2.24, 2.45) is 0 Å². The van der Waals surface area contributed by atoms with Crippen LogP contribution >= 0.6 is 0 Å². The second-order valence-electron chi connectivity index (χ2n) is 4.03. The largest absolute Gasteiger partial charge is 0.236 e. The van der Waals surface area contributed by atoms with Gasteiger partial charge in [0.1, 0.15) is 0 Å². The van der Waals surface area contributed by atoms with Crippen molar-refractivity contribution in [2.75, 3.05) is 0 Å². The van der Waals surface area contributed by atoms with Gasteiger partial charge in [-0.05, 0) is 18.9 Å². The monoisotopic (exact) mass is 212 g/mol. The minimum absolute atomic E-state index is 0.805. The van der Waals surface area contributed by atoms with Gasteiger partial charge in [0.2, 0.25) is 0 Å². The Kier molecular flexibility index (Phi) is 3.30. The molecule has 2 rings (SSSR count). The zero-order valence-corrected chi connectivity index (χ0v) is 9.77. The van der Waals surface area contributed by atoms with E-state index in [2.05, 4.69) is 48.1 Å². The molecule has 0 saturated heterocycles. The standard InChI is InChI=1S/C14H16N2/c1-3-4-12-9-15-14(16-10-12)13-7-5-11(2)6-8-13/h5-10H,3-4H2,1-2H3. The maximum atomic E-state index is 4.39. The summed E-state index contributed by atoms with van der Waals surface area (Å²) >= 11 is 0. The van der Waals surface area contributed by atoms with Crippen LogP contribution in [0.4, 0.5) is 0 Å². The molecular formula is C14H16N2. The van der Waals surface area contributed by atoms with Gasteiger partial charge in [0.25, 0.3) is 0 Å². The van der Waals surface area contributed by atoms with Gasteiger partial charge in [-0.3, -0.25) is 0 Å². The summed E-state index contributed by atoms with van der Waals surface area (Å²) in [5.74, 6) is 0.805. The molecule has 0 fully saturated rings. The van der Waals surface area contributed by atoms with E-state index in [0.29, 0.717) is 0 Å². The number of hydrogen-bond acceptors (Lipinski definition) is 2. The molecule has 16 heavy (non-hydrogen) atoms. The van der Waals surface area contributed by atoms with E-state index in [1.165, 1.54) is 11.1 Å². The van der Waals surface area contributed by atoms with Crippen LogP contribution in [0.2, 0.25) is 0 Å². The van der Waals surface area contributed by atoms with Crippen LogP contribution in [-0.2, 0) is 6.42 Å². The lowest BCUT2D eigenvalue weighted by Crippen LogP contribution is -1.92. The van der Waals surface area contributed by atoms with Gasteiger partial charge in [-0.2, -0.15) is 0 Å². The summed E-state index contributed by atoms with van der Waals surface area (Å²) in [6.07, 6.45) is 6.03. The molecule has 1 aromatic carbocycles. The summed E-state index contributed by atoms with van der Waals surface area (Å²) in [5, 5.41) is 0. The lowest BCUT2D eigenvalue weighted by Gasteiger charge is -2.02.